The topological polar surface area (TPSA) is 49.8 Å². The lowest BCUT2D eigenvalue weighted by Gasteiger charge is -2.29. The van der Waals surface area contributed by atoms with E-state index in [1.54, 1.807) is 0 Å². The summed E-state index contributed by atoms with van der Waals surface area (Å²) in [5.41, 5.74) is 0. The normalized spacial score (nSPS) is 16.3. The van der Waals surface area contributed by atoms with E-state index in [1.165, 1.54) is 49.3 Å². The average Bonchev–Trinajstić information content (AvgIpc) is 2.95. The Bertz CT molecular complexity index is 673. The molecule has 0 aromatic heterocycles. The lowest BCUT2D eigenvalue weighted by molar-refractivity contribution is -0.122. The molecule has 27 heavy (non-hydrogen) atoms. The highest BCUT2D eigenvalue weighted by atomic mass is 16.5. The molecule has 4 nitrogen and oxygen atoms in total. The smallest absolute Gasteiger partial charge is 0.290 e. The van der Waals surface area contributed by atoms with Crippen molar-refractivity contribution in [3.63, 3.8) is 0 Å². The van der Waals surface area contributed by atoms with Gasteiger partial charge in [0.05, 0.1) is 0 Å². The van der Waals surface area contributed by atoms with Crippen LogP contribution in [0.15, 0.2) is 42.5 Å². The van der Waals surface area contributed by atoms with Crippen molar-refractivity contribution >= 4 is 17.2 Å². The second-order valence-corrected chi connectivity index (χ2v) is 7.58. The molecule has 1 N–H and O–H groups in total. The van der Waals surface area contributed by atoms with E-state index in [0.717, 1.165) is 18.7 Å². The van der Waals surface area contributed by atoms with Crippen LogP contribution in [0.3, 0.4) is 0 Å². The van der Waals surface area contributed by atoms with Crippen LogP contribution in [0, 0.1) is 5.92 Å². The molecule has 0 heterocycles. The van der Waals surface area contributed by atoms with Crippen LogP contribution in [0.1, 0.15) is 44.9 Å². The van der Waals surface area contributed by atoms with Crippen molar-refractivity contribution in [1.29, 1.82) is 0 Å². The fraction of sp³-hybridized carbons (Fsp3) is 0.522. The monoisotopic (exact) mass is 371 g/mol. The third-order valence-electron chi connectivity index (χ3n) is 5.31. The van der Waals surface area contributed by atoms with Crippen molar-refractivity contribution in [2.24, 2.45) is 5.92 Å². The summed E-state index contributed by atoms with van der Waals surface area (Å²) in [6.07, 6.45) is 9.60. The van der Waals surface area contributed by atoms with Gasteiger partial charge in [-0.3, -0.25) is 4.79 Å². The molecule has 0 amide bonds. The van der Waals surface area contributed by atoms with Crippen LogP contribution in [-0.4, -0.2) is 43.2 Å². The van der Waals surface area contributed by atoms with Crippen molar-refractivity contribution in [1.82, 2.24) is 4.90 Å². The molecule has 1 aliphatic carbocycles. The van der Waals surface area contributed by atoms with Gasteiger partial charge in [0.15, 0.2) is 0 Å². The molecule has 0 radical (unpaired) electrons. The van der Waals surface area contributed by atoms with Gasteiger partial charge in [0, 0.05) is 11.9 Å². The Hall–Kier alpha value is -2.07. The Kier molecular flexibility index (Phi) is 9.12. The number of benzene rings is 2. The van der Waals surface area contributed by atoms with Crippen LogP contribution in [0.5, 0.6) is 5.75 Å². The predicted molar refractivity (Wildman–Crippen MR) is 111 cm³/mol. The molecule has 0 spiro atoms. The van der Waals surface area contributed by atoms with Crippen LogP contribution < -0.4 is 4.74 Å². The zero-order valence-corrected chi connectivity index (χ0v) is 16.6. The molecule has 4 heteroatoms. The highest BCUT2D eigenvalue weighted by Gasteiger charge is 2.25. The summed E-state index contributed by atoms with van der Waals surface area (Å²) >= 11 is 0. The highest BCUT2D eigenvalue weighted by molar-refractivity contribution is 5.88. The molecule has 148 valence electrons. The number of carbonyl (C=O) groups is 1. The van der Waals surface area contributed by atoms with E-state index >= 15 is 0 Å². The molecule has 2 aromatic carbocycles. The Balaban J connectivity index is 0.000000817. The molecule has 0 saturated heterocycles. The van der Waals surface area contributed by atoms with Crippen LogP contribution >= 0.6 is 0 Å². The van der Waals surface area contributed by atoms with E-state index in [9.17, 15) is 0 Å². The maximum absolute atomic E-state index is 8.36. The minimum Gasteiger partial charge on any atom is -0.489 e. The summed E-state index contributed by atoms with van der Waals surface area (Å²) in [6, 6.07) is 15.0. The van der Waals surface area contributed by atoms with Crippen LogP contribution in [0.2, 0.25) is 0 Å². The standard InChI is InChI=1S/C22H31NO.CH2O2/c1-23(2)17-16-21(19-11-5-3-4-6-12-19)24-22-15-9-13-18-10-7-8-14-20(18)22;2-1-3/h7-10,13-15,19,21H,3-6,11-12,16-17H2,1-2H3;1H,(H,2,3). The van der Waals surface area contributed by atoms with Crippen LogP contribution in [0.25, 0.3) is 10.8 Å². The molecule has 1 unspecified atom stereocenters. The zero-order valence-electron chi connectivity index (χ0n) is 16.6. The first kappa shape index (κ1) is 21.2. The van der Waals surface area contributed by atoms with Gasteiger partial charge < -0.3 is 14.7 Å². The van der Waals surface area contributed by atoms with Crippen LogP contribution in [-0.2, 0) is 4.79 Å². The molecule has 0 bridgehead atoms. The first-order valence-corrected chi connectivity index (χ1v) is 10.0. The lowest BCUT2D eigenvalue weighted by Crippen LogP contribution is -2.31. The van der Waals surface area contributed by atoms with Crippen molar-refractivity contribution in [2.45, 2.75) is 51.0 Å². The van der Waals surface area contributed by atoms with Gasteiger partial charge in [-0.25, -0.2) is 0 Å². The average molecular weight is 372 g/mol. The fourth-order valence-corrected chi connectivity index (χ4v) is 3.92. The van der Waals surface area contributed by atoms with E-state index in [1.807, 2.05) is 0 Å². The van der Waals surface area contributed by atoms with E-state index in [2.05, 4.69) is 61.5 Å². The van der Waals surface area contributed by atoms with Gasteiger partial charge in [-0.1, -0.05) is 62.1 Å². The number of ether oxygens (including phenoxy) is 1. The minimum atomic E-state index is -0.250. The molecule has 1 fully saturated rings. The fourth-order valence-electron chi connectivity index (χ4n) is 3.92. The van der Waals surface area contributed by atoms with Crippen molar-refractivity contribution in [2.75, 3.05) is 20.6 Å². The van der Waals surface area contributed by atoms with Crippen LogP contribution in [0.4, 0.5) is 0 Å². The summed E-state index contributed by atoms with van der Waals surface area (Å²) < 4.78 is 6.65. The Morgan fingerprint density at radius 1 is 1.07 bits per heavy atom. The highest BCUT2D eigenvalue weighted by Crippen LogP contribution is 2.32. The maximum atomic E-state index is 8.36. The van der Waals surface area contributed by atoms with E-state index in [0.29, 0.717) is 12.0 Å². The second-order valence-electron chi connectivity index (χ2n) is 7.58. The van der Waals surface area contributed by atoms with E-state index in [-0.39, 0.29) is 6.47 Å². The summed E-state index contributed by atoms with van der Waals surface area (Å²) in [4.78, 5) is 10.6. The van der Waals surface area contributed by atoms with Gasteiger partial charge in [0.25, 0.3) is 6.47 Å². The zero-order chi connectivity index (χ0) is 19.5. The lowest BCUT2D eigenvalue weighted by atomic mass is 9.91. The Labute approximate surface area is 163 Å². The first-order valence-electron chi connectivity index (χ1n) is 10.0. The third kappa shape index (κ3) is 6.87. The summed E-state index contributed by atoms with van der Waals surface area (Å²) in [5.74, 6) is 1.76. The molecule has 1 atom stereocenters. The predicted octanol–water partition coefficient (Wildman–Crippen LogP) is 5.21. The molecular formula is C23H33NO3. The molecule has 2 aromatic rings. The van der Waals surface area contributed by atoms with Gasteiger partial charge in [0.1, 0.15) is 11.9 Å². The van der Waals surface area contributed by atoms with Crippen molar-refractivity contribution in [3.8, 4) is 5.75 Å². The number of nitrogens with zero attached hydrogens (tertiary/aromatic N) is 1. The third-order valence-corrected chi connectivity index (χ3v) is 5.31. The van der Waals surface area contributed by atoms with E-state index in [4.69, 9.17) is 14.6 Å². The second kappa shape index (κ2) is 11.6. The van der Waals surface area contributed by atoms with Gasteiger partial charge in [-0.05, 0) is 50.7 Å². The first-order chi connectivity index (χ1) is 13.2. The maximum Gasteiger partial charge on any atom is 0.290 e. The largest absolute Gasteiger partial charge is 0.489 e. The molecule has 1 saturated carbocycles. The number of rotatable bonds is 6. The minimum absolute atomic E-state index is 0.250. The van der Waals surface area contributed by atoms with Crippen molar-refractivity contribution in [3.05, 3.63) is 42.5 Å². The van der Waals surface area contributed by atoms with Gasteiger partial charge >= 0.3 is 0 Å². The molecule has 3 rings (SSSR count). The number of hydrogen-bond donors (Lipinski definition) is 1. The summed E-state index contributed by atoms with van der Waals surface area (Å²) in [5, 5.41) is 9.39. The Morgan fingerprint density at radius 3 is 2.37 bits per heavy atom. The summed E-state index contributed by atoms with van der Waals surface area (Å²) in [7, 11) is 4.31. The van der Waals surface area contributed by atoms with Crippen molar-refractivity contribution < 1.29 is 14.6 Å². The van der Waals surface area contributed by atoms with Gasteiger partial charge in [-0.15, -0.1) is 0 Å². The van der Waals surface area contributed by atoms with Gasteiger partial charge in [-0.2, -0.15) is 0 Å². The van der Waals surface area contributed by atoms with E-state index < -0.39 is 0 Å². The number of hydrogen-bond acceptors (Lipinski definition) is 3. The summed E-state index contributed by atoms with van der Waals surface area (Å²) in [6.45, 7) is 0.839. The Morgan fingerprint density at radius 2 is 1.70 bits per heavy atom. The molecule has 0 aliphatic heterocycles. The quantitative estimate of drug-likeness (QED) is 0.559. The van der Waals surface area contributed by atoms with Gasteiger partial charge in [0.2, 0.25) is 0 Å². The molecular weight excluding hydrogens is 338 g/mol. The number of fused-ring (bicyclic) bond motifs is 1. The number of carboxylic acid groups (broad SMARTS) is 1. The molecule has 1 aliphatic rings. The SMILES string of the molecule is CN(C)CCC(Oc1cccc2ccccc12)C1CCCCCC1.O=CO.